The number of rotatable bonds is 4. The summed E-state index contributed by atoms with van der Waals surface area (Å²) in [5.74, 6) is -11.7. The highest BCUT2D eigenvalue weighted by atomic mass is 19.2. The lowest BCUT2D eigenvalue weighted by Crippen LogP contribution is -2.10. The molecular weight excluding hydrogens is 261 g/mol. The highest BCUT2D eigenvalue weighted by molar-refractivity contribution is 5.79. The summed E-state index contributed by atoms with van der Waals surface area (Å²) < 4.78 is 64.2. The molecule has 1 aromatic rings. The molecule has 0 heterocycles. The number of benzene rings is 1. The number of anilines is 1. The number of hydrogen-bond acceptors (Lipinski definition) is 2. The van der Waals surface area contributed by atoms with Gasteiger partial charge in [0.15, 0.2) is 23.3 Å². The molecule has 98 valence electrons. The zero-order valence-corrected chi connectivity index (χ0v) is 8.61. The van der Waals surface area contributed by atoms with Gasteiger partial charge in [-0.2, -0.15) is 0 Å². The third kappa shape index (κ3) is 2.76. The summed E-state index contributed by atoms with van der Waals surface area (Å²) in [4.78, 5) is 10.1. The van der Waals surface area contributed by atoms with Crippen molar-refractivity contribution in [2.24, 2.45) is 0 Å². The Kier molecular flexibility index (Phi) is 4.24. The lowest BCUT2D eigenvalue weighted by Gasteiger charge is -2.08. The van der Waals surface area contributed by atoms with Gasteiger partial charge in [0, 0.05) is 12.6 Å². The van der Waals surface area contributed by atoms with Crippen molar-refractivity contribution in [1.29, 1.82) is 0 Å². The van der Waals surface area contributed by atoms with Gasteiger partial charge in [0.25, 0.3) is 0 Å². The van der Waals surface area contributed by atoms with Crippen LogP contribution in [-0.4, -0.2) is 17.6 Å². The minimum atomic E-state index is -2.25. The average Bonchev–Trinajstić information content (AvgIpc) is 2.32. The van der Waals surface area contributed by atoms with Crippen molar-refractivity contribution in [3.8, 4) is 0 Å². The maximum Gasteiger partial charge on any atom is 0.328 e. The Morgan fingerprint density at radius 2 is 1.44 bits per heavy atom. The van der Waals surface area contributed by atoms with Crippen LogP contribution >= 0.6 is 0 Å². The van der Waals surface area contributed by atoms with E-state index in [0.29, 0.717) is 6.08 Å². The number of aliphatic carboxylic acids is 1. The highest BCUT2D eigenvalue weighted by Gasteiger charge is 2.25. The summed E-state index contributed by atoms with van der Waals surface area (Å²) in [6.07, 6.45) is 1.60. The molecule has 8 heteroatoms. The van der Waals surface area contributed by atoms with Crippen LogP contribution in [0.15, 0.2) is 12.2 Å². The smallest absolute Gasteiger partial charge is 0.328 e. The van der Waals surface area contributed by atoms with Gasteiger partial charge in [0.2, 0.25) is 5.82 Å². The standard InChI is InChI=1S/C10H6F5NO2/c11-5-6(12)8(14)10(9(15)7(5)13)16-3-1-2-4(17)18/h1-2,16H,3H2,(H,17,18)/b2-1+. The highest BCUT2D eigenvalue weighted by Crippen LogP contribution is 2.26. The summed E-state index contributed by atoms with van der Waals surface area (Å²) in [6.45, 7) is -0.412. The first-order valence-electron chi connectivity index (χ1n) is 4.51. The Morgan fingerprint density at radius 1 is 1.00 bits per heavy atom. The van der Waals surface area contributed by atoms with E-state index in [0.717, 1.165) is 6.08 Å². The summed E-state index contributed by atoms with van der Waals surface area (Å²) >= 11 is 0. The number of carboxylic acid groups (broad SMARTS) is 1. The number of carbonyl (C=O) groups is 1. The van der Waals surface area contributed by atoms with Crippen LogP contribution in [0.2, 0.25) is 0 Å². The molecule has 0 aromatic heterocycles. The summed E-state index contributed by atoms with van der Waals surface area (Å²) in [6, 6.07) is 0. The van der Waals surface area contributed by atoms with Gasteiger partial charge in [-0.3, -0.25) is 0 Å². The summed E-state index contributed by atoms with van der Waals surface area (Å²) in [7, 11) is 0. The minimum Gasteiger partial charge on any atom is -0.478 e. The van der Waals surface area contributed by atoms with Gasteiger partial charge in [0.1, 0.15) is 5.69 Å². The second-order valence-corrected chi connectivity index (χ2v) is 3.07. The SMILES string of the molecule is O=C(O)/C=C/CNc1c(F)c(F)c(F)c(F)c1F. The fourth-order valence-corrected chi connectivity index (χ4v) is 1.08. The van der Waals surface area contributed by atoms with Crippen molar-refractivity contribution in [2.45, 2.75) is 0 Å². The van der Waals surface area contributed by atoms with Crippen molar-refractivity contribution in [3.63, 3.8) is 0 Å². The van der Waals surface area contributed by atoms with Crippen LogP contribution in [0.25, 0.3) is 0 Å². The van der Waals surface area contributed by atoms with Crippen molar-refractivity contribution >= 4 is 11.7 Å². The Morgan fingerprint density at radius 3 is 1.89 bits per heavy atom. The van der Waals surface area contributed by atoms with E-state index in [1.54, 1.807) is 0 Å². The molecule has 1 rings (SSSR count). The normalized spacial score (nSPS) is 10.9. The van der Waals surface area contributed by atoms with Crippen molar-refractivity contribution in [3.05, 3.63) is 41.2 Å². The molecule has 0 saturated heterocycles. The molecule has 18 heavy (non-hydrogen) atoms. The molecule has 0 bridgehead atoms. The Hall–Kier alpha value is -2.12. The van der Waals surface area contributed by atoms with Crippen LogP contribution in [-0.2, 0) is 4.79 Å². The zero-order chi connectivity index (χ0) is 13.9. The first kappa shape index (κ1) is 13.9. The predicted molar refractivity (Wildman–Crippen MR) is 51.5 cm³/mol. The first-order chi connectivity index (χ1) is 8.36. The van der Waals surface area contributed by atoms with Gasteiger partial charge in [0.05, 0.1) is 0 Å². The second-order valence-electron chi connectivity index (χ2n) is 3.07. The molecular formula is C10H6F5NO2. The lowest BCUT2D eigenvalue weighted by atomic mass is 10.2. The van der Waals surface area contributed by atoms with Crippen LogP contribution in [0.1, 0.15) is 0 Å². The average molecular weight is 267 g/mol. The molecule has 2 N–H and O–H groups in total. The van der Waals surface area contributed by atoms with Crippen LogP contribution in [0, 0.1) is 29.1 Å². The van der Waals surface area contributed by atoms with Crippen LogP contribution in [0.5, 0.6) is 0 Å². The van der Waals surface area contributed by atoms with Crippen LogP contribution < -0.4 is 5.32 Å². The predicted octanol–water partition coefficient (Wildman–Crippen LogP) is 2.43. The first-order valence-corrected chi connectivity index (χ1v) is 4.51. The maximum absolute atomic E-state index is 13.1. The summed E-state index contributed by atoms with van der Waals surface area (Å²) in [5, 5.41) is 10.1. The zero-order valence-electron chi connectivity index (χ0n) is 8.61. The van der Waals surface area contributed by atoms with E-state index in [1.807, 2.05) is 5.32 Å². The monoisotopic (exact) mass is 267 g/mol. The Bertz CT molecular complexity index is 486. The van der Waals surface area contributed by atoms with Gasteiger partial charge in [-0.1, -0.05) is 6.08 Å². The molecule has 0 amide bonds. The van der Waals surface area contributed by atoms with Gasteiger partial charge in [-0.05, 0) is 0 Å². The molecule has 0 spiro atoms. The maximum atomic E-state index is 13.1. The van der Waals surface area contributed by atoms with E-state index >= 15 is 0 Å². The Balaban J connectivity index is 3.00. The molecule has 0 aliphatic carbocycles. The van der Waals surface area contributed by atoms with Crippen molar-refractivity contribution in [2.75, 3.05) is 11.9 Å². The minimum absolute atomic E-state index is 0.412. The molecule has 0 radical (unpaired) electrons. The largest absolute Gasteiger partial charge is 0.478 e. The summed E-state index contributed by atoms with van der Waals surface area (Å²) in [5.41, 5.74) is -1.21. The van der Waals surface area contributed by atoms with E-state index in [1.165, 1.54) is 0 Å². The lowest BCUT2D eigenvalue weighted by molar-refractivity contribution is -0.131. The van der Waals surface area contributed by atoms with Crippen molar-refractivity contribution in [1.82, 2.24) is 0 Å². The molecule has 1 aromatic carbocycles. The molecule has 0 atom stereocenters. The number of halogens is 5. The molecule has 0 aliphatic rings. The van der Waals surface area contributed by atoms with Gasteiger partial charge in [-0.25, -0.2) is 26.7 Å². The number of hydrogen-bond donors (Lipinski definition) is 2. The fraction of sp³-hybridized carbons (Fsp3) is 0.100. The fourth-order valence-electron chi connectivity index (χ4n) is 1.08. The van der Waals surface area contributed by atoms with E-state index in [4.69, 9.17) is 5.11 Å². The molecule has 0 fully saturated rings. The van der Waals surface area contributed by atoms with Gasteiger partial charge >= 0.3 is 5.97 Å². The van der Waals surface area contributed by atoms with Crippen molar-refractivity contribution < 1.29 is 31.9 Å². The molecule has 0 aliphatic heterocycles. The molecule has 0 saturated carbocycles. The number of carboxylic acids is 1. The van der Waals surface area contributed by atoms with Gasteiger partial charge in [-0.15, -0.1) is 0 Å². The van der Waals surface area contributed by atoms with E-state index in [9.17, 15) is 26.7 Å². The van der Waals surface area contributed by atoms with Crippen LogP contribution in [0.4, 0.5) is 27.6 Å². The Labute approximate surface area is 97.5 Å². The van der Waals surface area contributed by atoms with E-state index < -0.39 is 47.3 Å². The molecule has 0 unspecified atom stereocenters. The molecule has 3 nitrogen and oxygen atoms in total. The number of nitrogens with one attached hydrogen (secondary N) is 1. The van der Waals surface area contributed by atoms with Gasteiger partial charge < -0.3 is 10.4 Å². The third-order valence-corrected chi connectivity index (χ3v) is 1.87. The second kappa shape index (κ2) is 5.48. The van der Waals surface area contributed by atoms with E-state index in [-0.39, 0.29) is 0 Å². The topological polar surface area (TPSA) is 49.3 Å². The van der Waals surface area contributed by atoms with Crippen LogP contribution in [0.3, 0.4) is 0 Å². The quantitative estimate of drug-likeness (QED) is 0.381. The third-order valence-electron chi connectivity index (χ3n) is 1.87. The van der Waals surface area contributed by atoms with E-state index in [2.05, 4.69) is 0 Å².